The Bertz CT molecular complexity index is 507. The van der Waals surface area contributed by atoms with Crippen LogP contribution in [0.3, 0.4) is 0 Å². The molecule has 1 aliphatic heterocycles. The van der Waals surface area contributed by atoms with Crippen LogP contribution in [0.1, 0.15) is 86.5 Å². The third-order valence-corrected chi connectivity index (χ3v) is 5.43. The Hall–Kier alpha value is -0.960. The van der Waals surface area contributed by atoms with Gasteiger partial charge in [-0.15, -0.1) is 0 Å². The number of fused-ring (bicyclic) bond motifs is 1. The molecule has 3 aliphatic rings. The molecule has 2 atom stereocenters. The smallest absolute Gasteiger partial charge is 0.132 e. The summed E-state index contributed by atoms with van der Waals surface area (Å²) in [7, 11) is 0. The summed E-state index contributed by atoms with van der Waals surface area (Å²) in [4.78, 5) is 9.99. The first-order chi connectivity index (χ1) is 9.85. The van der Waals surface area contributed by atoms with E-state index in [1.807, 2.05) is 0 Å². The van der Waals surface area contributed by atoms with Crippen LogP contribution in [0.2, 0.25) is 0 Å². The molecular weight excluding hydrogens is 246 g/mol. The van der Waals surface area contributed by atoms with Gasteiger partial charge in [0.2, 0.25) is 0 Å². The van der Waals surface area contributed by atoms with Gasteiger partial charge in [-0.2, -0.15) is 0 Å². The highest BCUT2D eigenvalue weighted by atomic mass is 15.0. The topological polar surface area (TPSA) is 37.8 Å². The van der Waals surface area contributed by atoms with Gasteiger partial charge in [0.15, 0.2) is 0 Å². The zero-order chi connectivity index (χ0) is 13.5. The molecule has 1 N–H and O–H groups in total. The van der Waals surface area contributed by atoms with Crippen LogP contribution < -0.4 is 5.32 Å². The van der Waals surface area contributed by atoms with Crippen molar-refractivity contribution in [3.63, 3.8) is 0 Å². The summed E-state index contributed by atoms with van der Waals surface area (Å²) in [5.74, 6) is 3.44. The fraction of sp³-hybridized carbons (Fsp3) is 0.765. The summed E-state index contributed by atoms with van der Waals surface area (Å²) in [6, 6.07) is 0. The van der Waals surface area contributed by atoms with Gasteiger partial charge in [0, 0.05) is 30.5 Å². The molecule has 2 aliphatic carbocycles. The molecule has 1 aromatic rings. The molecule has 0 radical (unpaired) electrons. The van der Waals surface area contributed by atoms with Crippen LogP contribution in [0.5, 0.6) is 0 Å². The normalized spacial score (nSPS) is 29.4. The molecule has 20 heavy (non-hydrogen) atoms. The second kappa shape index (κ2) is 5.10. The van der Waals surface area contributed by atoms with Crippen LogP contribution >= 0.6 is 0 Å². The highest BCUT2D eigenvalue weighted by Crippen LogP contribution is 2.43. The van der Waals surface area contributed by atoms with E-state index in [9.17, 15) is 0 Å². The number of aromatic nitrogens is 2. The largest absolute Gasteiger partial charge is 0.307 e. The number of nitrogens with zero attached hydrogens (tertiary/aromatic N) is 2. The number of hydrogen-bond donors (Lipinski definition) is 1. The maximum Gasteiger partial charge on any atom is 0.132 e. The van der Waals surface area contributed by atoms with Crippen LogP contribution in [0.15, 0.2) is 0 Å². The van der Waals surface area contributed by atoms with Crippen molar-refractivity contribution in [3.05, 3.63) is 22.8 Å². The predicted molar refractivity (Wildman–Crippen MR) is 79.5 cm³/mol. The van der Waals surface area contributed by atoms with E-state index in [2.05, 4.69) is 12.2 Å². The number of rotatable bonds is 3. The standard InChI is InChI=1S/C17H25N3/c1-2-11-4-3-5-13(8-11)17-19-15-10-18-9-14(15)16(20-17)12-6-7-12/h11-13,18H,2-10H2,1H3. The fourth-order valence-corrected chi connectivity index (χ4v) is 3.99. The van der Waals surface area contributed by atoms with E-state index < -0.39 is 0 Å². The average molecular weight is 271 g/mol. The molecule has 0 aromatic carbocycles. The van der Waals surface area contributed by atoms with Crippen molar-refractivity contribution in [1.82, 2.24) is 15.3 Å². The van der Waals surface area contributed by atoms with Crippen LogP contribution in [0.4, 0.5) is 0 Å². The Morgan fingerprint density at radius 2 is 1.95 bits per heavy atom. The summed E-state index contributed by atoms with van der Waals surface area (Å²) in [5.41, 5.74) is 4.13. The van der Waals surface area contributed by atoms with Crippen LogP contribution in [-0.4, -0.2) is 9.97 Å². The molecule has 108 valence electrons. The minimum Gasteiger partial charge on any atom is -0.307 e. The van der Waals surface area contributed by atoms with Gasteiger partial charge in [0.1, 0.15) is 5.82 Å². The van der Waals surface area contributed by atoms with Gasteiger partial charge < -0.3 is 5.32 Å². The Morgan fingerprint density at radius 1 is 1.05 bits per heavy atom. The molecule has 3 heteroatoms. The van der Waals surface area contributed by atoms with Crippen LogP contribution in [0, 0.1) is 5.92 Å². The van der Waals surface area contributed by atoms with E-state index >= 15 is 0 Å². The molecule has 2 saturated carbocycles. The second-order valence-corrected chi connectivity index (χ2v) is 6.91. The molecule has 0 saturated heterocycles. The molecule has 3 nitrogen and oxygen atoms in total. The lowest BCUT2D eigenvalue weighted by Gasteiger charge is -2.28. The zero-order valence-corrected chi connectivity index (χ0v) is 12.5. The van der Waals surface area contributed by atoms with E-state index in [1.54, 1.807) is 0 Å². The van der Waals surface area contributed by atoms with E-state index in [0.29, 0.717) is 5.92 Å². The first-order valence-corrected chi connectivity index (χ1v) is 8.45. The number of hydrogen-bond acceptors (Lipinski definition) is 3. The summed E-state index contributed by atoms with van der Waals surface area (Å²) in [5, 5.41) is 3.46. The van der Waals surface area contributed by atoms with E-state index in [0.717, 1.165) is 24.9 Å². The lowest BCUT2D eigenvalue weighted by Crippen LogP contribution is -2.17. The van der Waals surface area contributed by atoms with Crippen molar-refractivity contribution < 1.29 is 0 Å². The Balaban J connectivity index is 1.66. The highest BCUT2D eigenvalue weighted by Gasteiger charge is 2.33. The molecule has 1 aromatic heterocycles. The van der Waals surface area contributed by atoms with Gasteiger partial charge >= 0.3 is 0 Å². The Kier molecular flexibility index (Phi) is 3.25. The lowest BCUT2D eigenvalue weighted by molar-refractivity contribution is 0.306. The SMILES string of the molecule is CCC1CCCC(c2nc3c(c(C4CC4)n2)CNC3)C1. The molecule has 0 bridgehead atoms. The summed E-state index contributed by atoms with van der Waals surface area (Å²) in [6.45, 7) is 4.27. The van der Waals surface area contributed by atoms with Gasteiger partial charge in [-0.3, -0.25) is 0 Å². The Morgan fingerprint density at radius 3 is 2.75 bits per heavy atom. The Labute approximate surface area is 121 Å². The van der Waals surface area contributed by atoms with E-state index in [-0.39, 0.29) is 0 Å². The van der Waals surface area contributed by atoms with Crippen molar-refractivity contribution in [3.8, 4) is 0 Å². The van der Waals surface area contributed by atoms with Gasteiger partial charge in [-0.05, 0) is 31.6 Å². The van der Waals surface area contributed by atoms with Crippen molar-refractivity contribution >= 4 is 0 Å². The van der Waals surface area contributed by atoms with Gasteiger partial charge in [0.25, 0.3) is 0 Å². The summed E-state index contributed by atoms with van der Waals surface area (Å²) < 4.78 is 0. The molecule has 2 fully saturated rings. The molecule has 0 amide bonds. The van der Waals surface area contributed by atoms with Gasteiger partial charge in [-0.1, -0.05) is 26.2 Å². The quantitative estimate of drug-likeness (QED) is 0.912. The summed E-state index contributed by atoms with van der Waals surface area (Å²) >= 11 is 0. The van der Waals surface area contributed by atoms with Crippen molar-refractivity contribution in [2.45, 2.75) is 76.8 Å². The van der Waals surface area contributed by atoms with Gasteiger partial charge in [-0.25, -0.2) is 9.97 Å². The third-order valence-electron chi connectivity index (χ3n) is 5.43. The molecule has 0 spiro atoms. The van der Waals surface area contributed by atoms with Gasteiger partial charge in [0.05, 0.1) is 11.4 Å². The second-order valence-electron chi connectivity index (χ2n) is 6.91. The predicted octanol–water partition coefficient (Wildman–Crippen LogP) is 3.64. The number of nitrogens with one attached hydrogen (secondary N) is 1. The van der Waals surface area contributed by atoms with Crippen molar-refractivity contribution in [1.29, 1.82) is 0 Å². The van der Waals surface area contributed by atoms with Crippen molar-refractivity contribution in [2.75, 3.05) is 0 Å². The van der Waals surface area contributed by atoms with Crippen molar-refractivity contribution in [2.24, 2.45) is 5.92 Å². The monoisotopic (exact) mass is 271 g/mol. The maximum atomic E-state index is 5.05. The molecular formula is C17H25N3. The van der Waals surface area contributed by atoms with E-state index in [1.165, 1.54) is 67.7 Å². The lowest BCUT2D eigenvalue weighted by atomic mass is 9.79. The molecule has 2 unspecified atom stereocenters. The first-order valence-electron chi connectivity index (χ1n) is 8.45. The highest BCUT2D eigenvalue weighted by molar-refractivity contribution is 5.34. The van der Waals surface area contributed by atoms with Crippen LogP contribution in [-0.2, 0) is 13.1 Å². The van der Waals surface area contributed by atoms with E-state index in [4.69, 9.17) is 9.97 Å². The molecule has 2 heterocycles. The van der Waals surface area contributed by atoms with Crippen LogP contribution in [0.25, 0.3) is 0 Å². The minimum atomic E-state index is 0.622. The fourth-order valence-electron chi connectivity index (χ4n) is 3.99. The summed E-state index contributed by atoms with van der Waals surface area (Å²) in [6.07, 6.45) is 9.38. The average Bonchev–Trinajstić information content (AvgIpc) is 3.23. The molecule has 4 rings (SSSR count). The third kappa shape index (κ3) is 2.26. The first kappa shape index (κ1) is 12.8. The zero-order valence-electron chi connectivity index (χ0n) is 12.5. The maximum absolute atomic E-state index is 5.05. The minimum absolute atomic E-state index is 0.622.